The Labute approximate surface area is 130 Å². The number of imidazole rings is 1. The van der Waals surface area contributed by atoms with Crippen molar-refractivity contribution in [3.63, 3.8) is 0 Å². The van der Waals surface area contributed by atoms with Crippen LogP contribution >= 0.6 is 0 Å². The molecule has 0 spiro atoms. The van der Waals surface area contributed by atoms with E-state index in [0.29, 0.717) is 5.69 Å². The first-order chi connectivity index (χ1) is 10.8. The quantitative estimate of drug-likeness (QED) is 0.791. The molecule has 0 aromatic carbocycles. The second kappa shape index (κ2) is 7.11. The van der Waals surface area contributed by atoms with Crippen LogP contribution < -0.4 is 16.0 Å². The minimum atomic E-state index is 0.659. The number of rotatable bonds is 6. The van der Waals surface area contributed by atoms with Crippen LogP contribution in [0.25, 0.3) is 0 Å². The fraction of sp³-hybridized carbons (Fsp3) is 0.533. The summed E-state index contributed by atoms with van der Waals surface area (Å²) in [6.45, 7) is 3.80. The van der Waals surface area contributed by atoms with E-state index in [2.05, 4.69) is 29.7 Å². The molecule has 0 unspecified atom stereocenters. The Balaban J connectivity index is 1.56. The molecule has 118 valence electrons. The van der Waals surface area contributed by atoms with Gasteiger partial charge in [0.2, 0.25) is 0 Å². The van der Waals surface area contributed by atoms with Gasteiger partial charge in [-0.05, 0) is 25.7 Å². The summed E-state index contributed by atoms with van der Waals surface area (Å²) in [5.74, 6) is 1.60. The molecule has 2 aromatic heterocycles. The fourth-order valence-corrected chi connectivity index (χ4v) is 2.77. The highest BCUT2D eigenvalue weighted by Crippen LogP contribution is 2.28. The molecule has 3 rings (SSSR count). The van der Waals surface area contributed by atoms with Gasteiger partial charge in [-0.25, -0.2) is 15.0 Å². The lowest BCUT2D eigenvalue weighted by molar-refractivity contribution is 0.573. The van der Waals surface area contributed by atoms with E-state index < -0.39 is 0 Å². The van der Waals surface area contributed by atoms with Crippen molar-refractivity contribution in [3.05, 3.63) is 25.0 Å². The van der Waals surface area contributed by atoms with Gasteiger partial charge < -0.3 is 20.5 Å². The number of nitrogens with one attached hydrogen (secondary N) is 1. The van der Waals surface area contributed by atoms with Gasteiger partial charge >= 0.3 is 0 Å². The first kappa shape index (κ1) is 14.6. The molecule has 2 aromatic rings. The number of nitrogen functional groups attached to an aromatic ring is 1. The summed E-state index contributed by atoms with van der Waals surface area (Å²) in [6.07, 6.45) is 11.9. The van der Waals surface area contributed by atoms with Crippen molar-refractivity contribution >= 4 is 17.3 Å². The minimum absolute atomic E-state index is 0.659. The largest absolute Gasteiger partial charge is 0.393 e. The van der Waals surface area contributed by atoms with Crippen LogP contribution in [-0.2, 0) is 6.54 Å². The molecule has 0 atom stereocenters. The van der Waals surface area contributed by atoms with Gasteiger partial charge in [0.1, 0.15) is 12.0 Å². The first-order valence-corrected chi connectivity index (χ1v) is 7.89. The second-order valence-electron chi connectivity index (χ2n) is 5.59. The highest BCUT2D eigenvalue weighted by atomic mass is 15.2. The van der Waals surface area contributed by atoms with Gasteiger partial charge in [-0.1, -0.05) is 0 Å². The average Bonchev–Trinajstić information content (AvgIpc) is 3.07. The van der Waals surface area contributed by atoms with Gasteiger partial charge in [-0.3, -0.25) is 0 Å². The van der Waals surface area contributed by atoms with Gasteiger partial charge in [0, 0.05) is 38.6 Å². The molecule has 1 aliphatic heterocycles. The molecule has 0 saturated carbocycles. The number of nitrogens with zero attached hydrogens (tertiary/aromatic N) is 5. The Hall–Kier alpha value is -2.31. The molecule has 3 heterocycles. The Morgan fingerprint density at radius 1 is 1.18 bits per heavy atom. The topological polar surface area (TPSA) is 84.9 Å². The van der Waals surface area contributed by atoms with Gasteiger partial charge in [-0.2, -0.15) is 0 Å². The van der Waals surface area contributed by atoms with Crippen LogP contribution in [0.5, 0.6) is 0 Å². The smallest absolute Gasteiger partial charge is 0.157 e. The summed E-state index contributed by atoms with van der Waals surface area (Å²) in [7, 11) is 0. The Morgan fingerprint density at radius 3 is 2.82 bits per heavy atom. The lowest BCUT2D eigenvalue weighted by Gasteiger charge is -2.28. The zero-order valence-corrected chi connectivity index (χ0v) is 12.8. The molecule has 22 heavy (non-hydrogen) atoms. The van der Waals surface area contributed by atoms with Crippen LogP contribution in [0.15, 0.2) is 25.0 Å². The van der Waals surface area contributed by atoms with Crippen LogP contribution in [-0.4, -0.2) is 39.2 Å². The highest BCUT2D eigenvalue weighted by Gasteiger charge is 2.17. The van der Waals surface area contributed by atoms with Crippen molar-refractivity contribution in [2.24, 2.45) is 0 Å². The molecule has 0 bridgehead atoms. The maximum Gasteiger partial charge on any atom is 0.157 e. The molecule has 3 N–H and O–H groups in total. The molecular formula is C15H23N7. The predicted molar refractivity (Wildman–Crippen MR) is 87.8 cm³/mol. The molecule has 1 aliphatic rings. The van der Waals surface area contributed by atoms with Gasteiger partial charge in [0.15, 0.2) is 11.6 Å². The van der Waals surface area contributed by atoms with E-state index in [1.807, 2.05) is 12.5 Å². The van der Waals surface area contributed by atoms with Crippen molar-refractivity contribution < 1.29 is 0 Å². The Bertz CT molecular complexity index is 576. The summed E-state index contributed by atoms with van der Waals surface area (Å²) < 4.78 is 2.06. The average molecular weight is 301 g/mol. The standard InChI is InChI=1S/C15H23N7/c16-13-14(18-5-4-7-21-10-6-17-12-21)19-11-20-15(13)22-8-2-1-3-9-22/h6,10-12H,1-5,7-9,16H2,(H,18,19,20). The molecule has 0 aliphatic carbocycles. The van der Waals surface area contributed by atoms with E-state index >= 15 is 0 Å². The molecule has 7 heteroatoms. The normalized spacial score (nSPS) is 15.0. The van der Waals surface area contributed by atoms with E-state index in [1.165, 1.54) is 19.3 Å². The van der Waals surface area contributed by atoms with E-state index in [4.69, 9.17) is 5.73 Å². The van der Waals surface area contributed by atoms with Crippen LogP contribution in [0.4, 0.5) is 17.3 Å². The lowest BCUT2D eigenvalue weighted by Crippen LogP contribution is -2.31. The van der Waals surface area contributed by atoms with Crippen LogP contribution in [0.1, 0.15) is 25.7 Å². The van der Waals surface area contributed by atoms with Crippen molar-refractivity contribution in [2.45, 2.75) is 32.2 Å². The summed E-state index contributed by atoms with van der Waals surface area (Å²) in [5.41, 5.74) is 6.91. The van der Waals surface area contributed by atoms with Crippen LogP contribution in [0.3, 0.4) is 0 Å². The molecule has 1 saturated heterocycles. The lowest BCUT2D eigenvalue weighted by atomic mass is 10.1. The third-order valence-electron chi connectivity index (χ3n) is 3.96. The number of hydrogen-bond donors (Lipinski definition) is 2. The number of aryl methyl sites for hydroxylation is 1. The molecule has 1 fully saturated rings. The third-order valence-corrected chi connectivity index (χ3v) is 3.96. The zero-order valence-electron chi connectivity index (χ0n) is 12.8. The molecule has 7 nitrogen and oxygen atoms in total. The number of piperidine rings is 1. The second-order valence-corrected chi connectivity index (χ2v) is 5.59. The van der Waals surface area contributed by atoms with Crippen molar-refractivity contribution in [2.75, 3.05) is 35.6 Å². The SMILES string of the molecule is Nc1c(NCCCn2ccnc2)ncnc1N1CCCCC1. The van der Waals surface area contributed by atoms with Crippen molar-refractivity contribution in [3.8, 4) is 0 Å². The van der Waals surface area contributed by atoms with Gasteiger partial charge in [-0.15, -0.1) is 0 Å². The summed E-state index contributed by atoms with van der Waals surface area (Å²) >= 11 is 0. The monoisotopic (exact) mass is 301 g/mol. The number of nitrogens with two attached hydrogens (primary N) is 1. The zero-order chi connectivity index (χ0) is 15.2. The number of aromatic nitrogens is 4. The number of anilines is 3. The van der Waals surface area contributed by atoms with Crippen molar-refractivity contribution in [1.82, 2.24) is 19.5 Å². The van der Waals surface area contributed by atoms with Crippen molar-refractivity contribution in [1.29, 1.82) is 0 Å². The number of hydrogen-bond acceptors (Lipinski definition) is 6. The molecule has 0 radical (unpaired) electrons. The van der Waals surface area contributed by atoms with Crippen LogP contribution in [0, 0.1) is 0 Å². The summed E-state index contributed by atoms with van der Waals surface area (Å²) in [6, 6.07) is 0. The first-order valence-electron chi connectivity index (χ1n) is 7.89. The molecular weight excluding hydrogens is 278 g/mol. The van der Waals surface area contributed by atoms with E-state index in [-0.39, 0.29) is 0 Å². The van der Waals surface area contributed by atoms with Crippen LogP contribution in [0.2, 0.25) is 0 Å². The summed E-state index contributed by atoms with van der Waals surface area (Å²) in [5, 5.41) is 3.32. The Morgan fingerprint density at radius 2 is 2.05 bits per heavy atom. The van der Waals surface area contributed by atoms with Gasteiger partial charge in [0.25, 0.3) is 0 Å². The van der Waals surface area contributed by atoms with E-state index in [9.17, 15) is 0 Å². The maximum atomic E-state index is 6.25. The highest BCUT2D eigenvalue weighted by molar-refractivity contribution is 5.74. The maximum absolute atomic E-state index is 6.25. The third kappa shape index (κ3) is 3.47. The fourth-order valence-electron chi connectivity index (χ4n) is 2.77. The predicted octanol–water partition coefficient (Wildman–Crippen LogP) is 1.75. The van der Waals surface area contributed by atoms with E-state index in [1.54, 1.807) is 12.5 Å². The van der Waals surface area contributed by atoms with E-state index in [0.717, 1.165) is 44.2 Å². The van der Waals surface area contributed by atoms with Gasteiger partial charge in [0.05, 0.1) is 6.33 Å². The Kier molecular flexibility index (Phi) is 4.72. The minimum Gasteiger partial charge on any atom is -0.393 e. The summed E-state index contributed by atoms with van der Waals surface area (Å²) in [4.78, 5) is 14.9. The molecule has 0 amide bonds.